The molecule has 5 aromatic rings. The summed E-state index contributed by atoms with van der Waals surface area (Å²) in [5.41, 5.74) is 3.66. The number of rotatable bonds is 6. The molecule has 46 heavy (non-hydrogen) atoms. The van der Waals surface area contributed by atoms with Crippen molar-refractivity contribution in [1.29, 1.82) is 0 Å². The molecule has 1 N–H and O–H groups in total. The van der Waals surface area contributed by atoms with Gasteiger partial charge in [-0.15, -0.1) is 0 Å². The summed E-state index contributed by atoms with van der Waals surface area (Å²) in [5, 5.41) is 3.07. The van der Waals surface area contributed by atoms with E-state index < -0.39 is 35.5 Å². The quantitative estimate of drug-likeness (QED) is 0.168. The zero-order valence-electron chi connectivity index (χ0n) is 24.8. The van der Waals surface area contributed by atoms with Crippen molar-refractivity contribution < 1.29 is 19.1 Å². The van der Waals surface area contributed by atoms with Crippen LogP contribution in [0.1, 0.15) is 38.7 Å². The predicted octanol–water partition coefficient (Wildman–Crippen LogP) is 6.99. The highest BCUT2D eigenvalue weighted by molar-refractivity contribution is 6.16. The van der Waals surface area contributed by atoms with Gasteiger partial charge in [-0.3, -0.25) is 9.59 Å². The molecular weight excluding hydrogens is 572 g/mol. The van der Waals surface area contributed by atoms with Gasteiger partial charge in [0.25, 0.3) is 0 Å². The van der Waals surface area contributed by atoms with Gasteiger partial charge in [0, 0.05) is 16.9 Å². The molecule has 4 atom stereocenters. The van der Waals surface area contributed by atoms with Crippen LogP contribution in [0.3, 0.4) is 0 Å². The fourth-order valence-electron chi connectivity index (χ4n) is 7.64. The predicted molar refractivity (Wildman–Crippen MR) is 177 cm³/mol. The van der Waals surface area contributed by atoms with E-state index in [2.05, 4.69) is 5.32 Å². The number of carbonyl (C=O) groups is 3. The first-order valence-electron chi connectivity index (χ1n) is 15.4. The molecule has 5 aromatic carbocycles. The first-order valence-corrected chi connectivity index (χ1v) is 15.4. The standard InChI is InChI=1S/C40H30N2O4/c43-36(27-15-4-1-5-16-27)34-35(38(44)46-37(28-17-6-2-7-18-28)29-19-8-3-9-20-29)42-32-23-13-10-14-26(32)24-25-33(42)40(34)30-21-11-12-22-31(30)41-39(40)45/h1-25,33-35,37H,(H,41,45)/t33-,34+,35-,40-/m1/s1. The number of hydrogen-bond donors (Lipinski definition) is 1. The van der Waals surface area contributed by atoms with Crippen molar-refractivity contribution in [3.8, 4) is 0 Å². The molecule has 224 valence electrons. The van der Waals surface area contributed by atoms with Crippen molar-refractivity contribution >= 4 is 35.1 Å². The van der Waals surface area contributed by atoms with Gasteiger partial charge < -0.3 is 15.0 Å². The van der Waals surface area contributed by atoms with Gasteiger partial charge in [0.15, 0.2) is 11.9 Å². The monoisotopic (exact) mass is 602 g/mol. The second kappa shape index (κ2) is 11.0. The summed E-state index contributed by atoms with van der Waals surface area (Å²) in [5.74, 6) is -2.26. The maximum Gasteiger partial charge on any atom is 0.330 e. The number of anilines is 2. The topological polar surface area (TPSA) is 75.7 Å². The van der Waals surface area contributed by atoms with Gasteiger partial charge in [0.05, 0.1) is 12.0 Å². The summed E-state index contributed by atoms with van der Waals surface area (Å²) >= 11 is 0. The van der Waals surface area contributed by atoms with Crippen molar-refractivity contribution in [2.24, 2.45) is 5.92 Å². The molecule has 0 saturated carbocycles. The van der Waals surface area contributed by atoms with Crippen molar-refractivity contribution in [2.45, 2.75) is 23.6 Å². The van der Waals surface area contributed by atoms with Gasteiger partial charge in [0.1, 0.15) is 11.5 Å². The highest BCUT2D eigenvalue weighted by atomic mass is 16.5. The molecule has 1 amide bonds. The Morgan fingerprint density at radius 3 is 2.00 bits per heavy atom. The van der Waals surface area contributed by atoms with Crippen molar-refractivity contribution in [3.63, 3.8) is 0 Å². The Hall–Kier alpha value is -5.75. The molecule has 3 aliphatic rings. The highest BCUT2D eigenvalue weighted by Crippen LogP contribution is 2.58. The Balaban J connectivity index is 1.35. The largest absolute Gasteiger partial charge is 0.451 e. The van der Waals surface area contributed by atoms with E-state index in [-0.39, 0.29) is 11.7 Å². The molecule has 3 aliphatic heterocycles. The fourth-order valence-corrected chi connectivity index (χ4v) is 7.64. The number of fused-ring (bicyclic) bond motifs is 6. The third-order valence-electron chi connectivity index (χ3n) is 9.56. The van der Waals surface area contributed by atoms with Crippen LogP contribution >= 0.6 is 0 Å². The third kappa shape index (κ3) is 4.14. The van der Waals surface area contributed by atoms with Crippen molar-refractivity contribution in [1.82, 2.24) is 0 Å². The van der Waals surface area contributed by atoms with Gasteiger partial charge in [-0.1, -0.05) is 140 Å². The van der Waals surface area contributed by atoms with Crippen molar-refractivity contribution in [3.05, 3.63) is 173 Å². The van der Waals surface area contributed by atoms with E-state index >= 15 is 4.79 Å². The molecule has 0 aromatic heterocycles. The third-order valence-corrected chi connectivity index (χ3v) is 9.56. The molecule has 1 saturated heterocycles. The Bertz CT molecular complexity index is 1950. The van der Waals surface area contributed by atoms with E-state index in [1.807, 2.05) is 132 Å². The fraction of sp³-hybridized carbons (Fsp3) is 0.125. The van der Waals surface area contributed by atoms with Gasteiger partial charge in [-0.2, -0.15) is 0 Å². The van der Waals surface area contributed by atoms with Gasteiger partial charge >= 0.3 is 5.97 Å². The zero-order chi connectivity index (χ0) is 31.3. The Morgan fingerprint density at radius 1 is 0.717 bits per heavy atom. The summed E-state index contributed by atoms with van der Waals surface area (Å²) in [6.07, 6.45) is 3.23. The highest BCUT2D eigenvalue weighted by Gasteiger charge is 2.71. The second-order valence-electron chi connectivity index (χ2n) is 11.9. The SMILES string of the molecule is O=C(c1ccccc1)[C@@H]1[C@H](C(=O)OC(c2ccccc2)c2ccccc2)N2c3ccccc3C=C[C@@H]2[C@@]12C(=O)Nc1ccccc12. The number of ketones is 1. The lowest BCUT2D eigenvalue weighted by Gasteiger charge is -2.37. The van der Waals surface area contributed by atoms with Gasteiger partial charge in [0.2, 0.25) is 5.91 Å². The summed E-state index contributed by atoms with van der Waals surface area (Å²) in [7, 11) is 0. The van der Waals surface area contributed by atoms with Crippen molar-refractivity contribution in [2.75, 3.05) is 10.2 Å². The van der Waals surface area contributed by atoms with Crippen LogP contribution in [-0.2, 0) is 19.7 Å². The summed E-state index contributed by atoms with van der Waals surface area (Å²) in [6, 6.07) is 41.6. The average Bonchev–Trinajstić information content (AvgIpc) is 3.60. The first-order chi connectivity index (χ1) is 22.6. The second-order valence-corrected chi connectivity index (χ2v) is 11.9. The maximum absolute atomic E-state index is 15.0. The Morgan fingerprint density at radius 2 is 1.30 bits per heavy atom. The summed E-state index contributed by atoms with van der Waals surface area (Å²) in [6.45, 7) is 0. The number of nitrogens with zero attached hydrogens (tertiary/aromatic N) is 1. The van der Waals surface area contributed by atoms with Crippen LogP contribution < -0.4 is 10.2 Å². The van der Waals surface area contributed by atoms with Gasteiger partial charge in [-0.05, 0) is 34.4 Å². The first kappa shape index (κ1) is 27.8. The smallest absolute Gasteiger partial charge is 0.330 e. The van der Waals surface area contributed by atoms with Crippen LogP contribution in [0.4, 0.5) is 11.4 Å². The molecule has 0 unspecified atom stereocenters. The summed E-state index contributed by atoms with van der Waals surface area (Å²) < 4.78 is 6.52. The van der Waals surface area contributed by atoms with Crippen LogP contribution in [0.25, 0.3) is 6.08 Å². The van der Waals surface area contributed by atoms with Crippen LogP contribution in [0.5, 0.6) is 0 Å². The van der Waals surface area contributed by atoms with E-state index in [0.29, 0.717) is 16.8 Å². The summed E-state index contributed by atoms with van der Waals surface area (Å²) in [4.78, 5) is 46.4. The molecule has 3 heterocycles. The lowest BCUT2D eigenvalue weighted by Crippen LogP contribution is -2.51. The normalized spacial score (nSPS) is 22.2. The number of ether oxygens (including phenoxy) is 1. The minimum absolute atomic E-state index is 0.286. The van der Waals surface area contributed by atoms with Crippen LogP contribution in [-0.4, -0.2) is 29.7 Å². The molecule has 1 fully saturated rings. The lowest BCUT2D eigenvalue weighted by atomic mass is 9.64. The van der Waals surface area contributed by atoms with Crippen LogP contribution in [0, 0.1) is 5.92 Å². The van der Waals surface area contributed by atoms with E-state index in [1.54, 1.807) is 24.3 Å². The Kier molecular flexibility index (Phi) is 6.64. The zero-order valence-corrected chi connectivity index (χ0v) is 24.8. The Labute approximate surface area is 267 Å². The molecule has 8 rings (SSSR count). The molecule has 6 nitrogen and oxygen atoms in total. The number of esters is 1. The molecule has 0 aliphatic carbocycles. The number of hydrogen-bond acceptors (Lipinski definition) is 5. The van der Waals surface area contributed by atoms with E-state index in [9.17, 15) is 9.59 Å². The van der Waals surface area contributed by atoms with E-state index in [4.69, 9.17) is 4.74 Å². The van der Waals surface area contributed by atoms with Crippen LogP contribution in [0.2, 0.25) is 0 Å². The molecule has 6 heteroatoms. The lowest BCUT2D eigenvalue weighted by molar-refractivity contribution is -0.150. The molecule has 1 spiro atoms. The molecular formula is C40H30N2O4. The molecule has 0 radical (unpaired) electrons. The minimum atomic E-state index is -1.40. The number of carbonyl (C=O) groups excluding carboxylic acids is 3. The number of para-hydroxylation sites is 2. The van der Waals surface area contributed by atoms with E-state index in [1.165, 1.54) is 0 Å². The number of Topliss-reactive ketones (excluding diaryl/α,β-unsaturated/α-hetero) is 1. The number of amides is 1. The number of nitrogens with one attached hydrogen (secondary N) is 1. The number of benzene rings is 5. The average molecular weight is 603 g/mol. The molecule has 0 bridgehead atoms. The van der Waals surface area contributed by atoms with Crippen LogP contribution in [0.15, 0.2) is 146 Å². The minimum Gasteiger partial charge on any atom is -0.451 e. The maximum atomic E-state index is 15.0. The van der Waals surface area contributed by atoms with Gasteiger partial charge in [-0.25, -0.2) is 4.79 Å². The van der Waals surface area contributed by atoms with E-state index in [0.717, 1.165) is 22.4 Å².